The molecule has 3 N–H and O–H groups in total. The SMILES string of the molecule is NC(=O)c1ccc(CCC2(O)CCCCC2)cc1. The summed E-state index contributed by atoms with van der Waals surface area (Å²) in [6, 6.07) is 7.35. The first-order chi connectivity index (χ1) is 8.59. The number of aliphatic hydroxyl groups is 1. The van der Waals surface area contributed by atoms with E-state index in [0.29, 0.717) is 5.56 Å². The Morgan fingerprint density at radius 2 is 1.78 bits per heavy atom. The largest absolute Gasteiger partial charge is 0.390 e. The van der Waals surface area contributed by atoms with Gasteiger partial charge in [-0.25, -0.2) is 0 Å². The van der Waals surface area contributed by atoms with Crippen LogP contribution in [0.2, 0.25) is 0 Å². The number of nitrogens with two attached hydrogens (primary N) is 1. The highest BCUT2D eigenvalue weighted by Crippen LogP contribution is 2.31. The average molecular weight is 247 g/mol. The minimum Gasteiger partial charge on any atom is -0.390 e. The lowest BCUT2D eigenvalue weighted by molar-refractivity contribution is -0.00342. The number of hydrogen-bond donors (Lipinski definition) is 2. The van der Waals surface area contributed by atoms with E-state index in [1.54, 1.807) is 12.1 Å². The molecule has 0 aromatic heterocycles. The Bertz CT molecular complexity index is 405. The standard InChI is InChI=1S/C15H21NO2/c16-14(17)13-6-4-12(5-7-13)8-11-15(18)9-2-1-3-10-15/h4-7,18H,1-3,8-11H2,(H2,16,17). The minimum absolute atomic E-state index is 0.396. The van der Waals surface area contributed by atoms with Gasteiger partial charge in [-0.2, -0.15) is 0 Å². The highest BCUT2D eigenvalue weighted by Gasteiger charge is 2.28. The summed E-state index contributed by atoms with van der Waals surface area (Å²) >= 11 is 0. The van der Waals surface area contributed by atoms with Crippen LogP contribution in [0.3, 0.4) is 0 Å². The Morgan fingerprint density at radius 3 is 2.33 bits per heavy atom. The van der Waals surface area contributed by atoms with Gasteiger partial charge in [0.05, 0.1) is 5.60 Å². The molecular formula is C15H21NO2. The lowest BCUT2D eigenvalue weighted by Crippen LogP contribution is -2.31. The van der Waals surface area contributed by atoms with Crippen LogP contribution in [0.4, 0.5) is 0 Å². The van der Waals surface area contributed by atoms with Gasteiger partial charge in [0.2, 0.25) is 5.91 Å². The predicted molar refractivity (Wildman–Crippen MR) is 71.3 cm³/mol. The Morgan fingerprint density at radius 1 is 1.17 bits per heavy atom. The van der Waals surface area contributed by atoms with Crippen molar-refractivity contribution in [3.05, 3.63) is 35.4 Å². The molecule has 3 nitrogen and oxygen atoms in total. The molecule has 0 atom stereocenters. The van der Waals surface area contributed by atoms with Gasteiger partial charge in [-0.3, -0.25) is 4.79 Å². The fraction of sp³-hybridized carbons (Fsp3) is 0.533. The molecule has 0 unspecified atom stereocenters. The second-order valence-corrected chi connectivity index (χ2v) is 5.35. The van der Waals surface area contributed by atoms with Crippen LogP contribution in [-0.4, -0.2) is 16.6 Å². The smallest absolute Gasteiger partial charge is 0.248 e. The lowest BCUT2D eigenvalue weighted by Gasteiger charge is -2.32. The molecule has 1 aliphatic carbocycles. The van der Waals surface area contributed by atoms with Gasteiger partial charge in [-0.15, -0.1) is 0 Å². The first-order valence-electron chi connectivity index (χ1n) is 6.70. The molecule has 1 saturated carbocycles. The number of primary amides is 1. The number of aryl methyl sites for hydroxylation is 1. The quantitative estimate of drug-likeness (QED) is 0.858. The first kappa shape index (κ1) is 13.1. The van der Waals surface area contributed by atoms with E-state index in [1.165, 1.54) is 6.42 Å². The highest BCUT2D eigenvalue weighted by molar-refractivity contribution is 5.92. The fourth-order valence-corrected chi connectivity index (χ4v) is 2.67. The molecule has 0 saturated heterocycles. The van der Waals surface area contributed by atoms with Crippen molar-refractivity contribution >= 4 is 5.91 Å². The van der Waals surface area contributed by atoms with Gasteiger partial charge in [0.15, 0.2) is 0 Å². The van der Waals surface area contributed by atoms with Gasteiger partial charge in [-0.05, 0) is 43.4 Å². The van der Waals surface area contributed by atoms with Crippen LogP contribution >= 0.6 is 0 Å². The highest BCUT2D eigenvalue weighted by atomic mass is 16.3. The van der Waals surface area contributed by atoms with E-state index < -0.39 is 11.5 Å². The summed E-state index contributed by atoms with van der Waals surface area (Å²) in [5.74, 6) is -0.396. The summed E-state index contributed by atoms with van der Waals surface area (Å²) in [4.78, 5) is 11.0. The molecule has 1 aromatic rings. The molecule has 0 radical (unpaired) electrons. The molecule has 0 heterocycles. The van der Waals surface area contributed by atoms with Crippen LogP contribution in [-0.2, 0) is 6.42 Å². The molecule has 0 bridgehead atoms. The third-order valence-electron chi connectivity index (χ3n) is 3.90. The molecule has 98 valence electrons. The Kier molecular flexibility index (Phi) is 4.02. The topological polar surface area (TPSA) is 63.3 Å². The molecule has 1 fully saturated rings. The van der Waals surface area contributed by atoms with Crippen molar-refractivity contribution in [2.75, 3.05) is 0 Å². The number of carbonyl (C=O) groups excluding carboxylic acids is 1. The van der Waals surface area contributed by atoms with Crippen molar-refractivity contribution < 1.29 is 9.90 Å². The molecule has 0 aliphatic heterocycles. The second kappa shape index (κ2) is 5.53. The van der Waals surface area contributed by atoms with Crippen molar-refractivity contribution in [2.24, 2.45) is 5.73 Å². The summed E-state index contributed by atoms with van der Waals surface area (Å²) in [6.45, 7) is 0. The lowest BCUT2D eigenvalue weighted by atomic mass is 9.81. The summed E-state index contributed by atoms with van der Waals surface area (Å²) in [5, 5.41) is 10.4. The normalized spacial score (nSPS) is 18.5. The number of hydrogen-bond acceptors (Lipinski definition) is 2. The molecule has 18 heavy (non-hydrogen) atoms. The number of rotatable bonds is 4. The number of carbonyl (C=O) groups is 1. The zero-order chi connectivity index (χ0) is 13.0. The van der Waals surface area contributed by atoms with Crippen LogP contribution in [0.25, 0.3) is 0 Å². The van der Waals surface area contributed by atoms with Gasteiger partial charge in [0.1, 0.15) is 0 Å². The van der Waals surface area contributed by atoms with E-state index in [0.717, 1.165) is 44.1 Å². The Hall–Kier alpha value is -1.35. The zero-order valence-electron chi connectivity index (χ0n) is 10.7. The van der Waals surface area contributed by atoms with Gasteiger partial charge >= 0.3 is 0 Å². The Balaban J connectivity index is 1.91. The van der Waals surface area contributed by atoms with Crippen molar-refractivity contribution in [3.63, 3.8) is 0 Å². The van der Waals surface area contributed by atoms with Crippen LogP contribution in [0.15, 0.2) is 24.3 Å². The molecule has 3 heteroatoms. The van der Waals surface area contributed by atoms with Gasteiger partial charge in [0.25, 0.3) is 0 Å². The van der Waals surface area contributed by atoms with Crippen molar-refractivity contribution in [1.29, 1.82) is 0 Å². The molecule has 1 amide bonds. The summed E-state index contributed by atoms with van der Waals surface area (Å²) < 4.78 is 0. The third-order valence-corrected chi connectivity index (χ3v) is 3.90. The molecular weight excluding hydrogens is 226 g/mol. The average Bonchev–Trinajstić information content (AvgIpc) is 2.38. The van der Waals surface area contributed by atoms with E-state index in [4.69, 9.17) is 5.73 Å². The summed E-state index contributed by atoms with van der Waals surface area (Å²) in [7, 11) is 0. The Labute approximate surface area is 108 Å². The zero-order valence-corrected chi connectivity index (χ0v) is 10.7. The molecule has 0 spiro atoms. The van der Waals surface area contributed by atoms with E-state index in [9.17, 15) is 9.90 Å². The third kappa shape index (κ3) is 3.33. The maximum atomic E-state index is 11.0. The van der Waals surface area contributed by atoms with E-state index >= 15 is 0 Å². The maximum Gasteiger partial charge on any atom is 0.248 e. The van der Waals surface area contributed by atoms with Gasteiger partial charge in [-0.1, -0.05) is 31.4 Å². The number of benzene rings is 1. The van der Waals surface area contributed by atoms with E-state index in [-0.39, 0.29) is 0 Å². The minimum atomic E-state index is -0.472. The first-order valence-corrected chi connectivity index (χ1v) is 6.70. The van der Waals surface area contributed by atoms with Crippen molar-refractivity contribution in [1.82, 2.24) is 0 Å². The second-order valence-electron chi connectivity index (χ2n) is 5.35. The van der Waals surface area contributed by atoms with Crippen molar-refractivity contribution in [3.8, 4) is 0 Å². The van der Waals surface area contributed by atoms with Gasteiger partial charge < -0.3 is 10.8 Å². The number of amides is 1. The molecule has 1 aromatic carbocycles. The molecule has 2 rings (SSSR count). The monoisotopic (exact) mass is 247 g/mol. The summed E-state index contributed by atoms with van der Waals surface area (Å²) in [5.41, 5.74) is 6.41. The van der Waals surface area contributed by atoms with E-state index in [2.05, 4.69) is 0 Å². The maximum absolute atomic E-state index is 11.0. The van der Waals surface area contributed by atoms with Crippen molar-refractivity contribution in [2.45, 2.75) is 50.5 Å². The van der Waals surface area contributed by atoms with Crippen LogP contribution < -0.4 is 5.73 Å². The molecule has 1 aliphatic rings. The predicted octanol–water partition coefficient (Wildman–Crippen LogP) is 2.41. The van der Waals surface area contributed by atoms with Crippen LogP contribution in [0.5, 0.6) is 0 Å². The van der Waals surface area contributed by atoms with Crippen LogP contribution in [0, 0.1) is 0 Å². The van der Waals surface area contributed by atoms with Gasteiger partial charge in [0, 0.05) is 5.56 Å². The fourth-order valence-electron chi connectivity index (χ4n) is 2.67. The van der Waals surface area contributed by atoms with Crippen LogP contribution in [0.1, 0.15) is 54.4 Å². The van der Waals surface area contributed by atoms with E-state index in [1.807, 2.05) is 12.1 Å². The summed E-state index contributed by atoms with van der Waals surface area (Å²) in [6.07, 6.45) is 7.03.